The summed E-state index contributed by atoms with van der Waals surface area (Å²) in [5, 5.41) is 17.9. The Balaban J connectivity index is 0.000000504. The lowest BCUT2D eigenvalue weighted by molar-refractivity contribution is -0.109. The Bertz CT molecular complexity index is 408. The molecule has 0 bridgehead atoms. The van der Waals surface area contributed by atoms with Crippen LogP contribution >= 0.6 is 11.3 Å². The number of aliphatic hydroxyl groups is 1. The van der Waals surface area contributed by atoms with Gasteiger partial charge in [-0.15, -0.1) is 0 Å². The molecule has 25 heavy (non-hydrogen) atoms. The van der Waals surface area contributed by atoms with Crippen molar-refractivity contribution in [2.45, 2.75) is 71.4 Å². The Kier molecular flexibility index (Phi) is 14.4. The van der Waals surface area contributed by atoms with Crippen LogP contribution in [0, 0.1) is 0 Å². The van der Waals surface area contributed by atoms with Gasteiger partial charge in [0.2, 0.25) is 6.41 Å². The van der Waals surface area contributed by atoms with Gasteiger partial charge < -0.3 is 20.5 Å². The number of nitrogens with one attached hydrogen (secondary N) is 2. The van der Waals surface area contributed by atoms with Gasteiger partial charge in [-0.3, -0.25) is 4.79 Å². The van der Waals surface area contributed by atoms with Crippen LogP contribution in [0.5, 0.6) is 5.19 Å². The molecule has 3 N–H and O–H groups in total. The van der Waals surface area contributed by atoms with E-state index in [1.165, 1.54) is 37.0 Å². The Labute approximate surface area is 156 Å². The number of amides is 1. The summed E-state index contributed by atoms with van der Waals surface area (Å²) in [6, 6.07) is 0. The first-order chi connectivity index (χ1) is 11.9. The summed E-state index contributed by atoms with van der Waals surface area (Å²) >= 11 is 1.42. The molecule has 0 radical (unpaired) electrons. The fraction of sp³-hybridized carbons (Fsp3) is 0.778. The van der Waals surface area contributed by atoms with Crippen molar-refractivity contribution in [2.75, 3.05) is 19.7 Å². The third-order valence-corrected chi connectivity index (χ3v) is 3.87. The number of ether oxygens (including phenoxy) is 1. The van der Waals surface area contributed by atoms with Crippen LogP contribution in [0.3, 0.4) is 0 Å². The van der Waals surface area contributed by atoms with E-state index >= 15 is 0 Å². The van der Waals surface area contributed by atoms with Crippen LogP contribution < -0.4 is 15.4 Å². The van der Waals surface area contributed by atoms with E-state index in [1.54, 1.807) is 6.20 Å². The largest absolute Gasteiger partial charge is 0.467 e. The van der Waals surface area contributed by atoms with Crippen molar-refractivity contribution in [3.63, 3.8) is 0 Å². The molecule has 0 saturated carbocycles. The molecule has 1 rings (SSSR count). The van der Waals surface area contributed by atoms with E-state index in [-0.39, 0.29) is 12.1 Å². The highest BCUT2D eigenvalue weighted by Gasteiger charge is 2.12. The van der Waals surface area contributed by atoms with E-state index in [9.17, 15) is 9.90 Å². The quantitative estimate of drug-likeness (QED) is 0.387. The van der Waals surface area contributed by atoms with Crippen molar-refractivity contribution in [2.24, 2.45) is 0 Å². The Morgan fingerprint density at radius 2 is 2.04 bits per heavy atom. The summed E-state index contributed by atoms with van der Waals surface area (Å²) in [6.07, 6.45) is 8.21. The van der Waals surface area contributed by atoms with Gasteiger partial charge in [0.25, 0.3) is 5.19 Å². The van der Waals surface area contributed by atoms with E-state index in [1.807, 2.05) is 5.38 Å². The van der Waals surface area contributed by atoms with E-state index in [4.69, 9.17) is 4.74 Å². The fourth-order valence-electron chi connectivity index (χ4n) is 1.82. The number of carbonyl (C=O) groups excluding carboxylic acids is 1. The molecule has 1 aromatic heterocycles. The molecule has 0 aliphatic rings. The third-order valence-electron chi connectivity index (χ3n) is 3.18. The van der Waals surface area contributed by atoms with Gasteiger partial charge in [-0.1, -0.05) is 43.9 Å². The van der Waals surface area contributed by atoms with E-state index in [0.29, 0.717) is 11.7 Å². The van der Waals surface area contributed by atoms with Gasteiger partial charge in [0.1, 0.15) is 12.7 Å². The number of aromatic nitrogens is 1. The summed E-state index contributed by atoms with van der Waals surface area (Å²) in [4.78, 5) is 13.7. The van der Waals surface area contributed by atoms with Gasteiger partial charge in [-0.2, -0.15) is 0 Å². The van der Waals surface area contributed by atoms with E-state index in [0.717, 1.165) is 19.4 Å². The maximum absolute atomic E-state index is 9.78. The molecule has 1 aromatic rings. The first-order valence-corrected chi connectivity index (χ1v) is 9.89. The number of hydrogen-bond acceptors (Lipinski definition) is 6. The van der Waals surface area contributed by atoms with E-state index in [2.05, 4.69) is 43.3 Å². The van der Waals surface area contributed by atoms with Crippen molar-refractivity contribution >= 4 is 17.7 Å². The summed E-state index contributed by atoms with van der Waals surface area (Å²) in [7, 11) is 0. The van der Waals surface area contributed by atoms with Crippen LogP contribution in [-0.4, -0.2) is 47.8 Å². The van der Waals surface area contributed by atoms with Gasteiger partial charge in [-0.05, 0) is 27.2 Å². The van der Waals surface area contributed by atoms with Gasteiger partial charge in [0, 0.05) is 30.2 Å². The lowest BCUT2D eigenvalue weighted by Crippen LogP contribution is -2.42. The van der Waals surface area contributed by atoms with Crippen LogP contribution in [0.15, 0.2) is 11.6 Å². The van der Waals surface area contributed by atoms with Crippen molar-refractivity contribution in [3.05, 3.63) is 11.6 Å². The van der Waals surface area contributed by atoms with Crippen LogP contribution in [0.4, 0.5) is 0 Å². The molecule has 0 spiro atoms. The smallest absolute Gasteiger partial charge is 0.273 e. The SMILES string of the molecule is CC(C)(C)NCC(O)COc1nccs1.CCCCCCCNC=O. The minimum absolute atomic E-state index is 0.0160. The fourth-order valence-corrected chi connectivity index (χ4v) is 2.32. The average molecular weight is 374 g/mol. The molecule has 0 aliphatic carbocycles. The topological polar surface area (TPSA) is 83.5 Å². The standard InChI is InChI=1S/C10H18N2O2S.C8H17NO/c1-10(2,3)12-6-8(13)7-14-9-11-4-5-15-9;1-2-3-4-5-6-7-9-8-10/h4-5,8,12-13H,6-7H2,1-3H3;8H,2-7H2,1H3,(H,9,10). The van der Waals surface area contributed by atoms with Crippen LogP contribution in [-0.2, 0) is 4.79 Å². The number of thiazole rings is 1. The van der Waals surface area contributed by atoms with Crippen molar-refractivity contribution in [3.8, 4) is 5.19 Å². The zero-order valence-electron chi connectivity index (χ0n) is 16.1. The van der Waals surface area contributed by atoms with Crippen molar-refractivity contribution in [1.82, 2.24) is 15.6 Å². The average Bonchev–Trinajstić information content (AvgIpc) is 3.08. The summed E-state index contributed by atoms with van der Waals surface area (Å²) in [5.41, 5.74) is 0.0160. The van der Waals surface area contributed by atoms with Crippen LogP contribution in [0.1, 0.15) is 59.8 Å². The first-order valence-electron chi connectivity index (χ1n) is 9.01. The molecular formula is C18H35N3O3S. The number of unbranched alkanes of at least 4 members (excludes halogenated alkanes) is 4. The highest BCUT2D eigenvalue weighted by Crippen LogP contribution is 2.13. The maximum Gasteiger partial charge on any atom is 0.273 e. The summed E-state index contributed by atoms with van der Waals surface area (Å²) in [5.74, 6) is 0. The van der Waals surface area contributed by atoms with Gasteiger partial charge in [-0.25, -0.2) is 4.98 Å². The van der Waals surface area contributed by atoms with Gasteiger partial charge in [0.05, 0.1) is 0 Å². The highest BCUT2D eigenvalue weighted by atomic mass is 32.1. The minimum atomic E-state index is -0.506. The molecule has 0 fully saturated rings. The van der Waals surface area contributed by atoms with Gasteiger partial charge >= 0.3 is 0 Å². The molecule has 0 saturated heterocycles. The zero-order chi connectivity index (χ0) is 19.0. The lowest BCUT2D eigenvalue weighted by atomic mass is 10.1. The molecule has 7 heteroatoms. The summed E-state index contributed by atoms with van der Waals surface area (Å²) in [6.45, 7) is 10.0. The van der Waals surface area contributed by atoms with Crippen LogP contribution in [0.2, 0.25) is 0 Å². The zero-order valence-corrected chi connectivity index (χ0v) is 16.9. The molecule has 0 aromatic carbocycles. The number of aliphatic hydroxyl groups excluding tert-OH is 1. The molecule has 146 valence electrons. The molecular weight excluding hydrogens is 338 g/mol. The molecule has 0 aliphatic heterocycles. The first kappa shape index (κ1) is 23.8. The number of hydrogen-bond donors (Lipinski definition) is 3. The number of β-amino-alcohol motifs (C(OH)–C–C–N with tert-alkyl or cyclic N) is 1. The predicted octanol–water partition coefficient (Wildman–Crippen LogP) is 2.97. The van der Waals surface area contributed by atoms with Crippen molar-refractivity contribution < 1.29 is 14.6 Å². The highest BCUT2D eigenvalue weighted by molar-refractivity contribution is 7.11. The molecule has 1 amide bonds. The predicted molar refractivity (Wildman–Crippen MR) is 104 cm³/mol. The van der Waals surface area contributed by atoms with Crippen molar-refractivity contribution in [1.29, 1.82) is 0 Å². The number of rotatable bonds is 12. The molecule has 1 heterocycles. The second-order valence-electron chi connectivity index (χ2n) is 6.88. The monoisotopic (exact) mass is 373 g/mol. The molecule has 6 nitrogen and oxygen atoms in total. The second kappa shape index (κ2) is 15.1. The molecule has 1 atom stereocenters. The lowest BCUT2D eigenvalue weighted by Gasteiger charge is -2.22. The van der Waals surface area contributed by atoms with E-state index < -0.39 is 6.10 Å². The normalized spacial score (nSPS) is 12.0. The second-order valence-corrected chi connectivity index (χ2v) is 7.74. The van der Waals surface area contributed by atoms with Crippen LogP contribution in [0.25, 0.3) is 0 Å². The number of carbonyl (C=O) groups is 1. The minimum Gasteiger partial charge on any atom is -0.467 e. The molecule has 1 unspecified atom stereocenters. The Hall–Kier alpha value is -1.18. The summed E-state index contributed by atoms with van der Waals surface area (Å²) < 4.78 is 5.29. The maximum atomic E-state index is 9.78. The number of nitrogens with zero attached hydrogens (tertiary/aromatic N) is 1. The van der Waals surface area contributed by atoms with Gasteiger partial charge in [0.15, 0.2) is 0 Å². The third kappa shape index (κ3) is 17.4. The Morgan fingerprint density at radius 3 is 2.60 bits per heavy atom. The Morgan fingerprint density at radius 1 is 1.32 bits per heavy atom.